The van der Waals surface area contributed by atoms with Gasteiger partial charge in [0.1, 0.15) is 6.54 Å². The van der Waals surface area contributed by atoms with Crippen LogP contribution in [0.3, 0.4) is 0 Å². The number of nitrogens with one attached hydrogen (secondary N) is 1. The molecule has 11 heteroatoms. The van der Waals surface area contributed by atoms with Crippen molar-refractivity contribution in [2.75, 3.05) is 11.1 Å². The van der Waals surface area contributed by atoms with Crippen molar-refractivity contribution in [3.63, 3.8) is 0 Å². The third-order valence-corrected chi connectivity index (χ3v) is 5.53. The highest BCUT2D eigenvalue weighted by atomic mass is 16.6. The number of anilines is 2. The maximum absolute atomic E-state index is 13.1. The molecule has 176 valence electrons. The SMILES string of the molecule is Nc1nonc1-c1nc2ccccc2n1CC(=O)Nc1cccc(-c2noc(-c3ccccc3)n2)c1. The third-order valence-electron chi connectivity index (χ3n) is 5.53. The number of hydrogen-bond acceptors (Lipinski definition) is 9. The Kier molecular flexibility index (Phi) is 5.19. The predicted molar refractivity (Wildman–Crippen MR) is 131 cm³/mol. The van der Waals surface area contributed by atoms with Crippen molar-refractivity contribution < 1.29 is 13.9 Å². The van der Waals surface area contributed by atoms with Crippen LogP contribution in [0.1, 0.15) is 0 Å². The van der Waals surface area contributed by atoms with Crippen LogP contribution >= 0.6 is 0 Å². The van der Waals surface area contributed by atoms with Gasteiger partial charge in [-0.3, -0.25) is 4.79 Å². The number of nitrogens with two attached hydrogens (primary N) is 1. The first-order chi connectivity index (χ1) is 17.7. The lowest BCUT2D eigenvalue weighted by Gasteiger charge is -2.09. The summed E-state index contributed by atoms with van der Waals surface area (Å²) in [6.07, 6.45) is 0. The molecule has 6 aromatic rings. The number of fused-ring (bicyclic) bond motifs is 1. The standard InChI is InChI=1S/C25H18N8O3/c26-22-21(30-36-31-22)24-28-18-11-4-5-12-19(18)33(24)14-20(34)27-17-10-6-9-16(13-17)23-29-25(35-32-23)15-7-2-1-3-8-15/h1-13H,14H2,(H2,26,31)(H,27,34). The summed E-state index contributed by atoms with van der Waals surface area (Å²) in [6.45, 7) is -0.0350. The molecule has 3 aromatic heterocycles. The highest BCUT2D eigenvalue weighted by Crippen LogP contribution is 2.27. The zero-order valence-corrected chi connectivity index (χ0v) is 18.7. The van der Waals surface area contributed by atoms with Crippen LogP contribution in [0.5, 0.6) is 0 Å². The molecule has 0 radical (unpaired) electrons. The van der Waals surface area contributed by atoms with Gasteiger partial charge in [-0.2, -0.15) is 4.98 Å². The number of hydrogen-bond donors (Lipinski definition) is 2. The van der Waals surface area contributed by atoms with Gasteiger partial charge in [-0.1, -0.05) is 47.6 Å². The normalized spacial score (nSPS) is 11.1. The highest BCUT2D eigenvalue weighted by Gasteiger charge is 2.21. The topological polar surface area (TPSA) is 151 Å². The zero-order chi connectivity index (χ0) is 24.5. The van der Waals surface area contributed by atoms with Crippen molar-refractivity contribution >= 4 is 28.4 Å². The lowest BCUT2D eigenvalue weighted by atomic mass is 10.2. The van der Waals surface area contributed by atoms with Crippen molar-refractivity contribution in [2.24, 2.45) is 0 Å². The molecule has 3 N–H and O–H groups in total. The number of nitrogens with zero attached hydrogens (tertiary/aromatic N) is 6. The molecule has 1 amide bonds. The highest BCUT2D eigenvalue weighted by molar-refractivity contribution is 5.93. The molecule has 0 bridgehead atoms. The molecule has 6 rings (SSSR count). The summed E-state index contributed by atoms with van der Waals surface area (Å²) in [7, 11) is 0. The average molecular weight is 478 g/mol. The predicted octanol–water partition coefficient (Wildman–Crippen LogP) is 4.02. The molecule has 0 fully saturated rings. The molecule has 0 aliphatic heterocycles. The maximum atomic E-state index is 13.1. The fraction of sp³-hybridized carbons (Fsp3) is 0.0400. The van der Waals surface area contributed by atoms with Gasteiger partial charge in [0.05, 0.1) is 11.0 Å². The molecule has 3 aromatic carbocycles. The molecule has 0 atom stereocenters. The number of carbonyl (C=O) groups is 1. The number of nitrogen functional groups attached to an aromatic ring is 1. The first kappa shape index (κ1) is 21.2. The number of amides is 1. The average Bonchev–Trinajstić information content (AvgIpc) is 3.64. The molecule has 3 heterocycles. The van der Waals surface area contributed by atoms with Crippen molar-refractivity contribution in [3.8, 4) is 34.4 Å². The number of benzene rings is 3. The van der Waals surface area contributed by atoms with E-state index in [4.69, 9.17) is 14.9 Å². The van der Waals surface area contributed by atoms with Gasteiger partial charge >= 0.3 is 0 Å². The van der Waals surface area contributed by atoms with Gasteiger partial charge in [0.25, 0.3) is 5.89 Å². The minimum atomic E-state index is -0.273. The summed E-state index contributed by atoms with van der Waals surface area (Å²) in [5, 5.41) is 14.5. The van der Waals surface area contributed by atoms with E-state index in [0.717, 1.165) is 11.1 Å². The first-order valence-electron chi connectivity index (χ1n) is 11.0. The fourth-order valence-corrected chi connectivity index (χ4v) is 3.89. The second kappa shape index (κ2) is 8.80. The van der Waals surface area contributed by atoms with Gasteiger partial charge in [0.2, 0.25) is 11.7 Å². The summed E-state index contributed by atoms with van der Waals surface area (Å²) in [5.74, 6) is 1.04. The van der Waals surface area contributed by atoms with E-state index in [9.17, 15) is 4.79 Å². The summed E-state index contributed by atoms with van der Waals surface area (Å²) < 4.78 is 11.9. The molecule has 0 saturated carbocycles. The van der Waals surface area contributed by atoms with Gasteiger partial charge in [0, 0.05) is 16.8 Å². The molecule has 36 heavy (non-hydrogen) atoms. The monoisotopic (exact) mass is 478 g/mol. The van der Waals surface area contributed by atoms with Crippen LogP contribution < -0.4 is 11.1 Å². The smallest absolute Gasteiger partial charge is 0.258 e. The number of rotatable bonds is 6. The van der Waals surface area contributed by atoms with Crippen LogP contribution in [0.25, 0.3) is 45.4 Å². The molecule has 0 aliphatic carbocycles. The van der Waals surface area contributed by atoms with E-state index >= 15 is 0 Å². The minimum absolute atomic E-state index is 0.0350. The summed E-state index contributed by atoms with van der Waals surface area (Å²) in [6, 6.07) is 24.2. The van der Waals surface area contributed by atoms with Crippen molar-refractivity contribution in [3.05, 3.63) is 78.9 Å². The molecule has 0 aliphatic rings. The summed E-state index contributed by atoms with van der Waals surface area (Å²) in [5.41, 5.74) is 9.71. The van der Waals surface area contributed by atoms with Gasteiger partial charge in [-0.15, -0.1) is 0 Å². The molecule has 0 saturated heterocycles. The Bertz CT molecular complexity index is 1690. The van der Waals surface area contributed by atoms with E-state index < -0.39 is 0 Å². The van der Waals surface area contributed by atoms with Gasteiger partial charge < -0.3 is 20.1 Å². The maximum Gasteiger partial charge on any atom is 0.258 e. The van der Waals surface area contributed by atoms with E-state index in [1.165, 1.54) is 0 Å². The Hall–Kier alpha value is -5.32. The Morgan fingerprint density at radius 3 is 2.53 bits per heavy atom. The number of imidazole rings is 1. The Morgan fingerprint density at radius 2 is 1.69 bits per heavy atom. The molecule has 11 nitrogen and oxygen atoms in total. The Labute approximate surface area is 203 Å². The number of para-hydroxylation sites is 2. The minimum Gasteiger partial charge on any atom is -0.379 e. The summed E-state index contributed by atoms with van der Waals surface area (Å²) in [4.78, 5) is 22.1. The van der Waals surface area contributed by atoms with Gasteiger partial charge in [-0.25, -0.2) is 9.61 Å². The summed E-state index contributed by atoms with van der Waals surface area (Å²) >= 11 is 0. The van der Waals surface area contributed by atoms with E-state index in [1.807, 2.05) is 66.7 Å². The van der Waals surface area contributed by atoms with Crippen molar-refractivity contribution in [1.82, 2.24) is 30.0 Å². The van der Waals surface area contributed by atoms with Crippen LogP contribution in [0.4, 0.5) is 11.5 Å². The van der Waals surface area contributed by atoms with Gasteiger partial charge in [-0.05, 0) is 46.7 Å². The lowest BCUT2D eigenvalue weighted by Crippen LogP contribution is -2.19. The Balaban J connectivity index is 1.25. The number of carbonyl (C=O) groups excluding carboxylic acids is 1. The van der Waals surface area contributed by atoms with Crippen LogP contribution in [0.2, 0.25) is 0 Å². The molecular formula is C25H18N8O3. The number of aromatic nitrogens is 6. The van der Waals surface area contributed by atoms with E-state index in [-0.39, 0.29) is 24.0 Å². The second-order valence-electron chi connectivity index (χ2n) is 7.93. The Morgan fingerprint density at radius 1 is 0.889 bits per heavy atom. The fourth-order valence-electron chi connectivity index (χ4n) is 3.89. The zero-order valence-electron chi connectivity index (χ0n) is 18.7. The second-order valence-corrected chi connectivity index (χ2v) is 7.93. The van der Waals surface area contributed by atoms with E-state index in [2.05, 4.69) is 30.8 Å². The van der Waals surface area contributed by atoms with Crippen LogP contribution in [0.15, 0.2) is 88.0 Å². The quantitative estimate of drug-likeness (QED) is 0.361. The molecular weight excluding hydrogens is 460 g/mol. The molecule has 0 unspecified atom stereocenters. The van der Waals surface area contributed by atoms with E-state index in [0.29, 0.717) is 34.3 Å². The largest absolute Gasteiger partial charge is 0.379 e. The first-order valence-corrected chi connectivity index (χ1v) is 11.0. The van der Waals surface area contributed by atoms with Gasteiger partial charge in [0.15, 0.2) is 17.3 Å². The molecule has 0 spiro atoms. The van der Waals surface area contributed by atoms with E-state index in [1.54, 1.807) is 16.7 Å². The third kappa shape index (κ3) is 3.94. The van der Waals surface area contributed by atoms with Crippen LogP contribution in [0, 0.1) is 0 Å². The lowest BCUT2D eigenvalue weighted by molar-refractivity contribution is -0.116. The van der Waals surface area contributed by atoms with Crippen LogP contribution in [-0.2, 0) is 11.3 Å². The van der Waals surface area contributed by atoms with Crippen molar-refractivity contribution in [1.29, 1.82) is 0 Å². The van der Waals surface area contributed by atoms with Crippen LogP contribution in [-0.4, -0.2) is 35.9 Å². The van der Waals surface area contributed by atoms with Crippen molar-refractivity contribution in [2.45, 2.75) is 6.54 Å².